The topological polar surface area (TPSA) is 15.6 Å². The van der Waals surface area contributed by atoms with E-state index in [0.29, 0.717) is 0 Å². The molecule has 0 unspecified atom stereocenters. The van der Waals surface area contributed by atoms with Crippen LogP contribution in [0.5, 0.6) is 0 Å². The summed E-state index contributed by atoms with van der Waals surface area (Å²) in [5, 5.41) is 6.31. The molecular weight excluding hydrogens is 220 g/mol. The summed E-state index contributed by atoms with van der Waals surface area (Å²) in [6, 6.07) is 16.6. The largest absolute Gasteiger partial charge is 0.269 e. The molecule has 0 amide bonds. The van der Waals surface area contributed by atoms with Crippen molar-refractivity contribution in [3.63, 3.8) is 0 Å². The Balaban J connectivity index is 2.08. The SMILES string of the molecule is Cc1ccc(C=NN(C)c2ccc(C)cc2)cc1. The molecule has 2 rings (SSSR count). The summed E-state index contributed by atoms with van der Waals surface area (Å²) >= 11 is 0. The van der Waals surface area contributed by atoms with Gasteiger partial charge in [0.2, 0.25) is 0 Å². The van der Waals surface area contributed by atoms with Gasteiger partial charge in [-0.15, -0.1) is 0 Å². The smallest absolute Gasteiger partial charge is 0.0590 e. The van der Waals surface area contributed by atoms with Crippen LogP contribution in [0.3, 0.4) is 0 Å². The van der Waals surface area contributed by atoms with E-state index in [9.17, 15) is 0 Å². The zero-order chi connectivity index (χ0) is 13.0. The third kappa shape index (κ3) is 3.20. The van der Waals surface area contributed by atoms with Crippen LogP contribution < -0.4 is 5.01 Å². The van der Waals surface area contributed by atoms with Crippen molar-refractivity contribution in [2.45, 2.75) is 13.8 Å². The maximum atomic E-state index is 4.43. The van der Waals surface area contributed by atoms with Crippen LogP contribution in [-0.4, -0.2) is 13.3 Å². The Labute approximate surface area is 109 Å². The number of aryl methyl sites for hydroxylation is 2. The number of hydrogen-bond donors (Lipinski definition) is 0. The minimum absolute atomic E-state index is 1.09. The van der Waals surface area contributed by atoms with E-state index in [-0.39, 0.29) is 0 Å². The van der Waals surface area contributed by atoms with Crippen LogP contribution in [0.4, 0.5) is 5.69 Å². The lowest BCUT2D eigenvalue weighted by Gasteiger charge is -2.12. The molecule has 0 fully saturated rings. The Morgan fingerprint density at radius 1 is 0.833 bits per heavy atom. The van der Waals surface area contributed by atoms with Crippen molar-refractivity contribution in [1.29, 1.82) is 0 Å². The number of hydrazone groups is 1. The van der Waals surface area contributed by atoms with E-state index >= 15 is 0 Å². The number of rotatable bonds is 3. The lowest BCUT2D eigenvalue weighted by Crippen LogP contribution is -2.08. The van der Waals surface area contributed by atoms with Crippen LogP contribution in [-0.2, 0) is 0 Å². The van der Waals surface area contributed by atoms with Crippen LogP contribution in [0.15, 0.2) is 53.6 Å². The predicted molar refractivity (Wildman–Crippen MR) is 78.4 cm³/mol. The summed E-state index contributed by atoms with van der Waals surface area (Å²) in [6.45, 7) is 4.17. The Morgan fingerprint density at radius 3 is 1.89 bits per heavy atom. The van der Waals surface area contributed by atoms with Crippen molar-refractivity contribution in [2.75, 3.05) is 12.1 Å². The van der Waals surface area contributed by atoms with Crippen LogP contribution in [0.1, 0.15) is 16.7 Å². The Hall–Kier alpha value is -2.09. The molecule has 0 saturated carbocycles. The van der Waals surface area contributed by atoms with E-state index in [2.05, 4.69) is 67.5 Å². The second-order valence-corrected chi connectivity index (χ2v) is 4.51. The Morgan fingerprint density at radius 2 is 1.33 bits per heavy atom. The van der Waals surface area contributed by atoms with Crippen LogP contribution >= 0.6 is 0 Å². The number of nitrogens with zero attached hydrogens (tertiary/aromatic N) is 2. The van der Waals surface area contributed by atoms with Crippen molar-refractivity contribution in [2.24, 2.45) is 5.10 Å². The van der Waals surface area contributed by atoms with Gasteiger partial charge in [-0.3, -0.25) is 5.01 Å². The van der Waals surface area contributed by atoms with E-state index < -0.39 is 0 Å². The van der Waals surface area contributed by atoms with E-state index in [1.54, 1.807) is 0 Å². The van der Waals surface area contributed by atoms with E-state index in [4.69, 9.17) is 0 Å². The molecule has 0 aliphatic heterocycles. The van der Waals surface area contributed by atoms with Gasteiger partial charge in [-0.1, -0.05) is 47.5 Å². The summed E-state index contributed by atoms with van der Waals surface area (Å²) < 4.78 is 0. The van der Waals surface area contributed by atoms with Gasteiger partial charge < -0.3 is 0 Å². The highest BCUT2D eigenvalue weighted by atomic mass is 15.4. The van der Waals surface area contributed by atoms with Crippen LogP contribution in [0, 0.1) is 13.8 Å². The molecule has 92 valence electrons. The molecule has 0 N–H and O–H groups in total. The molecule has 0 radical (unpaired) electrons. The number of anilines is 1. The molecule has 0 aliphatic carbocycles. The predicted octanol–water partition coefficient (Wildman–Crippen LogP) is 3.77. The number of hydrogen-bond acceptors (Lipinski definition) is 2. The maximum absolute atomic E-state index is 4.43. The molecule has 0 aromatic heterocycles. The molecule has 0 saturated heterocycles. The maximum Gasteiger partial charge on any atom is 0.0590 e. The van der Waals surface area contributed by atoms with E-state index in [0.717, 1.165) is 11.3 Å². The van der Waals surface area contributed by atoms with Gasteiger partial charge in [0.15, 0.2) is 0 Å². The first-order valence-electron chi connectivity index (χ1n) is 6.06. The van der Waals surface area contributed by atoms with Crippen molar-refractivity contribution < 1.29 is 0 Å². The van der Waals surface area contributed by atoms with Gasteiger partial charge in [-0.2, -0.15) is 5.10 Å². The second kappa shape index (κ2) is 5.50. The summed E-state index contributed by atoms with van der Waals surface area (Å²) in [5.74, 6) is 0. The van der Waals surface area contributed by atoms with Gasteiger partial charge in [0, 0.05) is 7.05 Å². The molecule has 0 bridgehead atoms. The zero-order valence-corrected chi connectivity index (χ0v) is 11.1. The molecule has 2 heteroatoms. The summed E-state index contributed by atoms with van der Waals surface area (Å²) in [4.78, 5) is 0. The van der Waals surface area contributed by atoms with Gasteiger partial charge in [0.1, 0.15) is 0 Å². The molecule has 0 aliphatic rings. The molecule has 2 nitrogen and oxygen atoms in total. The van der Waals surface area contributed by atoms with Crippen molar-refractivity contribution in [1.82, 2.24) is 0 Å². The zero-order valence-electron chi connectivity index (χ0n) is 11.1. The van der Waals surface area contributed by atoms with Gasteiger partial charge in [-0.25, -0.2) is 0 Å². The summed E-state index contributed by atoms with van der Waals surface area (Å²) in [5.41, 5.74) is 4.72. The summed E-state index contributed by atoms with van der Waals surface area (Å²) in [6.07, 6.45) is 1.87. The van der Waals surface area contributed by atoms with E-state index in [1.165, 1.54) is 11.1 Å². The van der Waals surface area contributed by atoms with Gasteiger partial charge in [0.25, 0.3) is 0 Å². The van der Waals surface area contributed by atoms with Gasteiger partial charge in [-0.05, 0) is 31.5 Å². The number of benzene rings is 2. The summed E-state index contributed by atoms with van der Waals surface area (Å²) in [7, 11) is 1.95. The molecule has 0 heterocycles. The molecule has 2 aromatic carbocycles. The second-order valence-electron chi connectivity index (χ2n) is 4.51. The van der Waals surface area contributed by atoms with Crippen LogP contribution in [0.25, 0.3) is 0 Å². The van der Waals surface area contributed by atoms with Crippen molar-refractivity contribution >= 4 is 11.9 Å². The highest BCUT2D eigenvalue weighted by Gasteiger charge is 1.96. The fraction of sp³-hybridized carbons (Fsp3) is 0.188. The first kappa shape index (κ1) is 12.4. The molecule has 0 atom stereocenters. The first-order valence-corrected chi connectivity index (χ1v) is 6.06. The van der Waals surface area contributed by atoms with Crippen LogP contribution in [0.2, 0.25) is 0 Å². The lowest BCUT2D eigenvalue weighted by molar-refractivity contribution is 1.02. The average molecular weight is 238 g/mol. The lowest BCUT2D eigenvalue weighted by atomic mass is 10.2. The minimum atomic E-state index is 1.09. The van der Waals surface area contributed by atoms with Gasteiger partial charge >= 0.3 is 0 Å². The third-order valence-electron chi connectivity index (χ3n) is 2.87. The Kier molecular flexibility index (Phi) is 3.78. The van der Waals surface area contributed by atoms with E-state index in [1.807, 2.05) is 18.3 Å². The normalized spacial score (nSPS) is 10.8. The Bertz CT molecular complexity index is 524. The van der Waals surface area contributed by atoms with Crippen molar-refractivity contribution in [3.8, 4) is 0 Å². The minimum Gasteiger partial charge on any atom is -0.269 e. The molecule has 18 heavy (non-hydrogen) atoms. The molecular formula is C16H18N2. The average Bonchev–Trinajstić information content (AvgIpc) is 2.38. The standard InChI is InChI=1S/C16H18N2/c1-13-4-8-15(9-5-13)12-17-18(3)16-10-6-14(2)7-11-16/h4-12H,1-3H3. The highest BCUT2D eigenvalue weighted by molar-refractivity contribution is 5.80. The fourth-order valence-corrected chi connectivity index (χ4v) is 1.63. The molecule has 2 aromatic rings. The third-order valence-corrected chi connectivity index (χ3v) is 2.87. The quantitative estimate of drug-likeness (QED) is 0.587. The van der Waals surface area contributed by atoms with Crippen molar-refractivity contribution in [3.05, 3.63) is 65.2 Å². The van der Waals surface area contributed by atoms with Gasteiger partial charge in [0.05, 0.1) is 11.9 Å². The first-order chi connectivity index (χ1) is 8.65. The highest BCUT2D eigenvalue weighted by Crippen LogP contribution is 2.13. The monoisotopic (exact) mass is 238 g/mol. The fourth-order valence-electron chi connectivity index (χ4n) is 1.63. The molecule has 0 spiro atoms.